The number of carbonyl (C=O) groups is 2. The van der Waals surface area contributed by atoms with Crippen molar-refractivity contribution in [2.45, 2.75) is 45.1 Å². The number of aryl methyl sites for hydroxylation is 1. The van der Waals surface area contributed by atoms with Gasteiger partial charge in [0.2, 0.25) is 11.8 Å². The Kier molecular flexibility index (Phi) is 6.41. The van der Waals surface area contributed by atoms with Gasteiger partial charge in [0.05, 0.1) is 0 Å². The highest BCUT2D eigenvalue weighted by Gasteiger charge is 2.42. The summed E-state index contributed by atoms with van der Waals surface area (Å²) in [5.41, 5.74) is 0.0734. The summed E-state index contributed by atoms with van der Waals surface area (Å²) in [6.07, 6.45) is 6.46. The molecule has 2 fully saturated rings. The molecule has 2 aliphatic heterocycles. The Morgan fingerprint density at radius 3 is 2.85 bits per heavy atom. The summed E-state index contributed by atoms with van der Waals surface area (Å²) in [6, 6.07) is 0. The molecule has 3 heterocycles. The number of piperidine rings is 2. The molecule has 0 bridgehead atoms. The first-order chi connectivity index (χ1) is 13.0. The largest absolute Gasteiger partial charge is 0.342 e. The smallest absolute Gasteiger partial charge is 0.222 e. The van der Waals surface area contributed by atoms with Gasteiger partial charge in [-0.1, -0.05) is 0 Å². The van der Waals surface area contributed by atoms with Gasteiger partial charge in [0, 0.05) is 57.5 Å². The molecule has 1 aromatic rings. The van der Waals surface area contributed by atoms with Crippen LogP contribution in [-0.4, -0.2) is 93.5 Å². The fourth-order valence-electron chi connectivity index (χ4n) is 4.21. The van der Waals surface area contributed by atoms with Gasteiger partial charge in [-0.2, -0.15) is 0 Å². The van der Waals surface area contributed by atoms with E-state index in [0.29, 0.717) is 19.4 Å². The molecule has 150 valence electrons. The van der Waals surface area contributed by atoms with Crippen LogP contribution >= 0.6 is 0 Å². The summed E-state index contributed by atoms with van der Waals surface area (Å²) in [4.78, 5) is 31.1. The molecule has 1 spiro atoms. The number of likely N-dealkylation sites (tertiary alicyclic amines) is 2. The van der Waals surface area contributed by atoms with Gasteiger partial charge in [0.25, 0.3) is 0 Å². The number of hydrogen-bond acceptors (Lipinski definition) is 6. The van der Waals surface area contributed by atoms with Crippen molar-refractivity contribution in [2.24, 2.45) is 5.41 Å². The average Bonchev–Trinajstić information content (AvgIpc) is 3.16. The molecule has 27 heavy (non-hydrogen) atoms. The van der Waals surface area contributed by atoms with E-state index in [9.17, 15) is 9.59 Å². The van der Waals surface area contributed by atoms with E-state index in [4.69, 9.17) is 0 Å². The summed E-state index contributed by atoms with van der Waals surface area (Å²) in [5, 5.41) is 11.0. The maximum atomic E-state index is 12.7. The Balaban J connectivity index is 1.52. The van der Waals surface area contributed by atoms with Gasteiger partial charge in [-0.25, -0.2) is 4.68 Å². The molecule has 0 aliphatic carbocycles. The van der Waals surface area contributed by atoms with Crippen molar-refractivity contribution >= 4 is 11.8 Å². The molecule has 1 aromatic heterocycles. The van der Waals surface area contributed by atoms with Crippen LogP contribution in [0, 0.1) is 5.41 Å². The van der Waals surface area contributed by atoms with E-state index in [2.05, 4.69) is 20.4 Å². The van der Waals surface area contributed by atoms with Gasteiger partial charge in [-0.05, 0) is 50.2 Å². The van der Waals surface area contributed by atoms with Gasteiger partial charge < -0.3 is 14.7 Å². The van der Waals surface area contributed by atoms with Crippen molar-refractivity contribution in [3.05, 3.63) is 6.33 Å². The lowest BCUT2D eigenvalue weighted by atomic mass is 9.73. The number of amides is 2. The predicted molar refractivity (Wildman–Crippen MR) is 99.7 cm³/mol. The number of nitrogens with zero attached hydrogens (tertiary/aromatic N) is 7. The molecule has 1 atom stereocenters. The zero-order valence-corrected chi connectivity index (χ0v) is 16.5. The molecule has 2 aliphatic rings. The van der Waals surface area contributed by atoms with Crippen molar-refractivity contribution in [1.29, 1.82) is 0 Å². The monoisotopic (exact) mass is 377 g/mol. The number of likely N-dealkylation sites (N-methyl/N-ethyl adjacent to an activating group) is 1. The lowest BCUT2D eigenvalue weighted by Crippen LogP contribution is -2.55. The third-order valence-corrected chi connectivity index (χ3v) is 5.75. The van der Waals surface area contributed by atoms with Gasteiger partial charge in [0.15, 0.2) is 0 Å². The van der Waals surface area contributed by atoms with Gasteiger partial charge in [-0.15, -0.1) is 5.10 Å². The Labute approximate surface area is 160 Å². The van der Waals surface area contributed by atoms with Crippen LogP contribution in [0.25, 0.3) is 0 Å². The first kappa shape index (κ1) is 19.7. The number of tetrazole rings is 1. The van der Waals surface area contributed by atoms with Crippen LogP contribution in [0.3, 0.4) is 0 Å². The molecule has 0 aromatic carbocycles. The second-order valence-corrected chi connectivity index (χ2v) is 8.21. The van der Waals surface area contributed by atoms with Gasteiger partial charge >= 0.3 is 0 Å². The van der Waals surface area contributed by atoms with Crippen LogP contribution in [0.15, 0.2) is 6.33 Å². The van der Waals surface area contributed by atoms with Crippen LogP contribution in [0.4, 0.5) is 0 Å². The molecular weight excluding hydrogens is 346 g/mol. The van der Waals surface area contributed by atoms with E-state index in [1.54, 1.807) is 11.0 Å². The third-order valence-electron chi connectivity index (χ3n) is 5.75. The molecule has 0 unspecified atom stereocenters. The maximum Gasteiger partial charge on any atom is 0.222 e. The molecule has 3 rings (SSSR count). The highest BCUT2D eigenvalue weighted by molar-refractivity contribution is 5.78. The van der Waals surface area contributed by atoms with Crippen molar-refractivity contribution in [3.63, 3.8) is 0 Å². The second-order valence-electron chi connectivity index (χ2n) is 8.21. The lowest BCUT2D eigenvalue weighted by molar-refractivity contribution is -0.143. The molecule has 2 amide bonds. The van der Waals surface area contributed by atoms with E-state index < -0.39 is 0 Å². The van der Waals surface area contributed by atoms with Crippen molar-refractivity contribution in [3.8, 4) is 0 Å². The highest BCUT2D eigenvalue weighted by atomic mass is 16.2. The minimum atomic E-state index is 0.0734. The Morgan fingerprint density at radius 2 is 2.11 bits per heavy atom. The fraction of sp³-hybridized carbons (Fsp3) is 0.833. The lowest BCUT2D eigenvalue weighted by Gasteiger charge is -2.48. The van der Waals surface area contributed by atoms with E-state index in [0.717, 1.165) is 58.4 Å². The average molecular weight is 377 g/mol. The van der Waals surface area contributed by atoms with Gasteiger partial charge in [0.1, 0.15) is 6.33 Å². The predicted octanol–water partition coefficient (Wildman–Crippen LogP) is 0.246. The third kappa shape index (κ3) is 5.24. The van der Waals surface area contributed by atoms with Crippen LogP contribution in [0.1, 0.15) is 38.5 Å². The highest BCUT2D eigenvalue weighted by Crippen LogP contribution is 2.39. The van der Waals surface area contributed by atoms with E-state index in [-0.39, 0.29) is 17.2 Å². The van der Waals surface area contributed by atoms with Crippen LogP contribution in [0.5, 0.6) is 0 Å². The van der Waals surface area contributed by atoms with Crippen LogP contribution in [-0.2, 0) is 16.1 Å². The van der Waals surface area contributed by atoms with Crippen LogP contribution < -0.4 is 0 Å². The summed E-state index contributed by atoms with van der Waals surface area (Å²) < 4.78 is 1.65. The standard InChI is InChI=1S/C18H31N7O2/c1-22(2)11-12-24-14-18(8-6-17(24)27)7-4-9-23(13-18)16(26)5-3-10-25-15-19-20-21-25/h15H,3-14H2,1-2H3/t18-/m0/s1. The quantitative estimate of drug-likeness (QED) is 0.677. The SMILES string of the molecule is CN(C)CCN1C[C@@]2(CCCN(C(=O)CCCn3cnnn3)C2)CCC1=O. The number of aromatic nitrogens is 4. The van der Waals surface area contributed by atoms with Crippen LogP contribution in [0.2, 0.25) is 0 Å². The summed E-state index contributed by atoms with van der Waals surface area (Å²) >= 11 is 0. The topological polar surface area (TPSA) is 87.5 Å². The first-order valence-electron chi connectivity index (χ1n) is 9.88. The molecule has 0 N–H and O–H groups in total. The molecule has 9 nitrogen and oxygen atoms in total. The molecule has 2 saturated heterocycles. The Hall–Kier alpha value is -2.03. The molecule has 9 heteroatoms. The zero-order chi connectivity index (χ0) is 19.3. The molecule has 0 saturated carbocycles. The summed E-state index contributed by atoms with van der Waals surface area (Å²) in [6.45, 7) is 4.70. The summed E-state index contributed by atoms with van der Waals surface area (Å²) in [7, 11) is 4.06. The van der Waals surface area contributed by atoms with E-state index in [1.807, 2.05) is 23.9 Å². The fourth-order valence-corrected chi connectivity index (χ4v) is 4.21. The minimum Gasteiger partial charge on any atom is -0.342 e. The number of carbonyl (C=O) groups excluding carboxylic acids is 2. The second kappa shape index (κ2) is 8.77. The first-order valence-corrected chi connectivity index (χ1v) is 9.88. The molecular formula is C18H31N7O2. The minimum absolute atomic E-state index is 0.0734. The van der Waals surface area contributed by atoms with Gasteiger partial charge in [-0.3, -0.25) is 9.59 Å². The van der Waals surface area contributed by atoms with E-state index in [1.165, 1.54) is 0 Å². The summed E-state index contributed by atoms with van der Waals surface area (Å²) in [5.74, 6) is 0.464. The normalized spacial score (nSPS) is 23.4. The Morgan fingerprint density at radius 1 is 1.26 bits per heavy atom. The number of rotatable bonds is 7. The van der Waals surface area contributed by atoms with Crippen molar-refractivity contribution in [1.82, 2.24) is 34.9 Å². The van der Waals surface area contributed by atoms with E-state index >= 15 is 0 Å². The molecule has 0 radical (unpaired) electrons. The Bertz CT molecular complexity index is 634. The zero-order valence-electron chi connectivity index (χ0n) is 16.5. The van der Waals surface area contributed by atoms with Crippen molar-refractivity contribution < 1.29 is 9.59 Å². The van der Waals surface area contributed by atoms with Crippen molar-refractivity contribution in [2.75, 3.05) is 46.8 Å². The number of hydrogen-bond donors (Lipinski definition) is 0. The maximum absolute atomic E-state index is 12.7.